The summed E-state index contributed by atoms with van der Waals surface area (Å²) in [6, 6.07) is 4.83. The minimum atomic E-state index is -0.234. The molecule has 0 aliphatic heterocycles. The van der Waals surface area contributed by atoms with Crippen LogP contribution in [0.1, 0.15) is 17.7 Å². The van der Waals surface area contributed by atoms with E-state index in [2.05, 4.69) is 15.3 Å². The molecule has 122 valence electrons. The molecule has 2 aromatic rings. The molecule has 0 atom stereocenters. The zero-order valence-electron chi connectivity index (χ0n) is 12.6. The number of nitrogens with zero attached hydrogens (tertiary/aromatic N) is 1. The third kappa shape index (κ3) is 4.73. The largest absolute Gasteiger partial charge is 0.325 e. The molecule has 1 heterocycles. The smallest absolute Gasteiger partial charge is 0.254 e. The van der Waals surface area contributed by atoms with Crippen molar-refractivity contribution in [2.45, 2.75) is 24.9 Å². The quantitative estimate of drug-likeness (QED) is 0.620. The van der Waals surface area contributed by atoms with Gasteiger partial charge in [-0.25, -0.2) is 4.98 Å². The second-order valence-electron chi connectivity index (χ2n) is 4.81. The minimum Gasteiger partial charge on any atom is -0.325 e. The lowest BCUT2D eigenvalue weighted by molar-refractivity contribution is -0.116. The second-order valence-corrected chi connectivity index (χ2v) is 6.45. The molecule has 0 fully saturated rings. The molecule has 1 aromatic heterocycles. The van der Waals surface area contributed by atoms with Crippen LogP contribution in [0.15, 0.2) is 28.2 Å². The van der Waals surface area contributed by atoms with Crippen LogP contribution in [0.3, 0.4) is 0 Å². The first-order chi connectivity index (χ1) is 10.9. The Kier molecular flexibility index (Phi) is 6.10. The summed E-state index contributed by atoms with van der Waals surface area (Å²) in [6.07, 6.45) is 2.30. The molecule has 2 rings (SSSR count). The number of aryl methyl sites for hydroxylation is 1. The van der Waals surface area contributed by atoms with Crippen molar-refractivity contribution in [1.29, 1.82) is 0 Å². The number of H-pyrrole nitrogens is 1. The SMILES string of the molecule is CSc1nc(C)c(CCC(=O)Nc2ccc(Cl)cc2Cl)c(=O)[nH]1. The lowest BCUT2D eigenvalue weighted by atomic mass is 10.1. The van der Waals surface area contributed by atoms with E-state index in [9.17, 15) is 9.59 Å². The highest BCUT2D eigenvalue weighted by Gasteiger charge is 2.11. The standard InChI is InChI=1S/C15H15Cl2N3O2S/c1-8-10(14(22)20-15(18-8)23-2)4-6-13(21)19-12-5-3-9(16)7-11(12)17/h3,5,7H,4,6H2,1-2H3,(H,19,21)(H,18,20,22). The number of hydrogen-bond donors (Lipinski definition) is 2. The molecule has 0 saturated heterocycles. The number of rotatable bonds is 5. The topological polar surface area (TPSA) is 74.8 Å². The Morgan fingerprint density at radius 1 is 1.39 bits per heavy atom. The third-order valence-electron chi connectivity index (χ3n) is 3.20. The van der Waals surface area contributed by atoms with Crippen LogP contribution in [0.4, 0.5) is 5.69 Å². The number of amides is 1. The Morgan fingerprint density at radius 2 is 2.13 bits per heavy atom. The van der Waals surface area contributed by atoms with E-state index in [0.29, 0.717) is 38.6 Å². The van der Waals surface area contributed by atoms with Crippen LogP contribution in [0.5, 0.6) is 0 Å². The molecule has 1 amide bonds. The van der Waals surface area contributed by atoms with Crippen LogP contribution < -0.4 is 10.9 Å². The van der Waals surface area contributed by atoms with Crippen LogP contribution in [0, 0.1) is 6.92 Å². The van der Waals surface area contributed by atoms with Gasteiger partial charge in [-0.05, 0) is 37.8 Å². The number of halogens is 2. The molecule has 5 nitrogen and oxygen atoms in total. The van der Waals surface area contributed by atoms with Crippen LogP contribution in [-0.4, -0.2) is 22.1 Å². The summed E-state index contributed by atoms with van der Waals surface area (Å²) >= 11 is 13.2. The number of aromatic amines is 1. The predicted molar refractivity (Wildman–Crippen MR) is 94.8 cm³/mol. The van der Waals surface area contributed by atoms with Gasteiger partial charge in [0.05, 0.1) is 10.7 Å². The summed E-state index contributed by atoms with van der Waals surface area (Å²) in [5.41, 5.74) is 1.43. The molecule has 0 saturated carbocycles. The Labute approximate surface area is 147 Å². The number of thioether (sulfide) groups is 1. The maximum Gasteiger partial charge on any atom is 0.254 e. The van der Waals surface area contributed by atoms with Crippen molar-refractivity contribution in [3.05, 3.63) is 49.9 Å². The van der Waals surface area contributed by atoms with Gasteiger partial charge in [0.25, 0.3) is 5.56 Å². The van der Waals surface area contributed by atoms with Crippen molar-refractivity contribution in [2.75, 3.05) is 11.6 Å². The zero-order chi connectivity index (χ0) is 17.0. The minimum absolute atomic E-state index is 0.156. The van der Waals surface area contributed by atoms with Crippen molar-refractivity contribution >= 4 is 46.6 Å². The van der Waals surface area contributed by atoms with Gasteiger partial charge < -0.3 is 10.3 Å². The highest BCUT2D eigenvalue weighted by Crippen LogP contribution is 2.25. The van der Waals surface area contributed by atoms with E-state index >= 15 is 0 Å². The van der Waals surface area contributed by atoms with Crippen molar-refractivity contribution in [2.24, 2.45) is 0 Å². The summed E-state index contributed by atoms with van der Waals surface area (Å²) in [5, 5.41) is 4.13. The molecule has 0 spiro atoms. The number of hydrogen-bond acceptors (Lipinski definition) is 4. The number of nitrogens with one attached hydrogen (secondary N) is 2. The van der Waals surface area contributed by atoms with Crippen molar-refractivity contribution in [3.63, 3.8) is 0 Å². The summed E-state index contributed by atoms with van der Waals surface area (Å²) in [7, 11) is 0. The monoisotopic (exact) mass is 371 g/mol. The van der Waals surface area contributed by atoms with Crippen LogP contribution in [0.2, 0.25) is 10.0 Å². The highest BCUT2D eigenvalue weighted by atomic mass is 35.5. The van der Waals surface area contributed by atoms with Gasteiger partial charge in [0.1, 0.15) is 0 Å². The van der Waals surface area contributed by atoms with Gasteiger partial charge in [-0.1, -0.05) is 35.0 Å². The van der Waals surface area contributed by atoms with Crippen LogP contribution in [-0.2, 0) is 11.2 Å². The fraction of sp³-hybridized carbons (Fsp3) is 0.267. The van der Waals surface area contributed by atoms with Crippen molar-refractivity contribution in [3.8, 4) is 0 Å². The Bertz CT molecular complexity index is 793. The Balaban J connectivity index is 2.03. The summed E-state index contributed by atoms with van der Waals surface area (Å²) in [6.45, 7) is 1.76. The number of carbonyl (C=O) groups is 1. The van der Waals surface area contributed by atoms with Gasteiger partial charge in [-0.15, -0.1) is 0 Å². The Morgan fingerprint density at radius 3 is 2.74 bits per heavy atom. The fourth-order valence-electron chi connectivity index (χ4n) is 2.02. The molecule has 2 N–H and O–H groups in total. The fourth-order valence-corrected chi connectivity index (χ4v) is 2.90. The second kappa shape index (κ2) is 7.86. The first-order valence-electron chi connectivity index (χ1n) is 6.79. The van der Waals surface area contributed by atoms with Gasteiger partial charge in [0, 0.05) is 22.7 Å². The number of aromatic nitrogens is 2. The molecule has 1 aromatic carbocycles. The molecule has 23 heavy (non-hydrogen) atoms. The maximum atomic E-state index is 12.0. The third-order valence-corrected chi connectivity index (χ3v) is 4.33. The first kappa shape index (κ1) is 17.8. The average molecular weight is 372 g/mol. The summed E-state index contributed by atoms with van der Waals surface area (Å²) < 4.78 is 0. The molecule has 0 radical (unpaired) electrons. The van der Waals surface area contributed by atoms with Gasteiger partial charge >= 0.3 is 0 Å². The average Bonchev–Trinajstić information content (AvgIpc) is 2.49. The summed E-state index contributed by atoms with van der Waals surface area (Å²) in [5.74, 6) is -0.234. The molecule has 0 aliphatic rings. The van der Waals surface area contributed by atoms with E-state index in [1.165, 1.54) is 11.8 Å². The number of benzene rings is 1. The van der Waals surface area contributed by atoms with E-state index in [-0.39, 0.29) is 17.9 Å². The molecular formula is C15H15Cl2N3O2S. The molecule has 0 aliphatic carbocycles. The Hall–Kier alpha value is -1.50. The molecular weight excluding hydrogens is 357 g/mol. The van der Waals surface area contributed by atoms with E-state index in [0.717, 1.165) is 0 Å². The van der Waals surface area contributed by atoms with Crippen molar-refractivity contribution < 1.29 is 4.79 Å². The number of carbonyl (C=O) groups excluding carboxylic acids is 1. The van der Waals surface area contributed by atoms with E-state index < -0.39 is 0 Å². The van der Waals surface area contributed by atoms with Gasteiger partial charge in [-0.2, -0.15) is 0 Å². The number of anilines is 1. The van der Waals surface area contributed by atoms with Crippen LogP contribution >= 0.6 is 35.0 Å². The van der Waals surface area contributed by atoms with Crippen LogP contribution in [0.25, 0.3) is 0 Å². The maximum absolute atomic E-state index is 12.0. The van der Waals surface area contributed by atoms with Crippen molar-refractivity contribution in [1.82, 2.24) is 9.97 Å². The normalized spacial score (nSPS) is 10.6. The van der Waals surface area contributed by atoms with E-state index in [4.69, 9.17) is 23.2 Å². The lowest BCUT2D eigenvalue weighted by Crippen LogP contribution is -2.20. The van der Waals surface area contributed by atoms with Gasteiger partial charge in [0.2, 0.25) is 5.91 Å². The van der Waals surface area contributed by atoms with Gasteiger partial charge in [0.15, 0.2) is 5.16 Å². The molecule has 0 bridgehead atoms. The first-order valence-corrected chi connectivity index (χ1v) is 8.77. The van der Waals surface area contributed by atoms with E-state index in [1.54, 1.807) is 25.1 Å². The van der Waals surface area contributed by atoms with E-state index in [1.807, 2.05) is 6.26 Å². The van der Waals surface area contributed by atoms with Gasteiger partial charge in [-0.3, -0.25) is 9.59 Å². The highest BCUT2D eigenvalue weighted by molar-refractivity contribution is 7.98. The summed E-state index contributed by atoms with van der Waals surface area (Å²) in [4.78, 5) is 31.0. The molecule has 0 unspecified atom stereocenters. The lowest BCUT2D eigenvalue weighted by Gasteiger charge is -2.08. The zero-order valence-corrected chi connectivity index (χ0v) is 14.9. The predicted octanol–water partition coefficient (Wildman–Crippen LogP) is 3.68. The molecule has 8 heteroatoms.